The zero-order chi connectivity index (χ0) is 17.9. The highest BCUT2D eigenvalue weighted by Crippen LogP contribution is 2.18. The fourth-order valence-electron chi connectivity index (χ4n) is 2.02. The number of anilines is 1. The molecule has 0 aliphatic rings. The number of sulfone groups is 1. The topological polar surface area (TPSA) is 115 Å². The smallest absolute Gasteiger partial charge is 0.322 e. The first-order valence-corrected chi connectivity index (χ1v) is 9.04. The summed E-state index contributed by atoms with van der Waals surface area (Å²) in [4.78, 5) is 16.4. The van der Waals surface area contributed by atoms with Gasteiger partial charge in [-0.15, -0.1) is 5.10 Å². The molecule has 2 aromatic heterocycles. The van der Waals surface area contributed by atoms with Crippen LogP contribution in [0.4, 0.5) is 6.01 Å². The summed E-state index contributed by atoms with van der Waals surface area (Å²) in [5, 5.41) is 10.0. The number of nitrogens with zero attached hydrogens (tertiary/aromatic N) is 3. The van der Waals surface area contributed by atoms with Crippen LogP contribution in [0, 0.1) is 0 Å². The van der Waals surface area contributed by atoms with E-state index >= 15 is 0 Å². The molecule has 0 fully saturated rings. The fourth-order valence-corrected chi connectivity index (χ4v) is 2.90. The fraction of sp³-hybridized carbons (Fsp3) is 0.125. The summed E-state index contributed by atoms with van der Waals surface area (Å²) in [6.45, 7) is 1.56. The van der Waals surface area contributed by atoms with E-state index in [1.165, 1.54) is 24.3 Å². The Morgan fingerprint density at radius 1 is 1.12 bits per heavy atom. The number of rotatable bonds is 5. The van der Waals surface area contributed by atoms with Gasteiger partial charge in [0.15, 0.2) is 9.84 Å². The number of benzene rings is 1. The van der Waals surface area contributed by atoms with Crippen molar-refractivity contribution in [3.63, 3.8) is 0 Å². The van der Waals surface area contributed by atoms with E-state index in [4.69, 9.17) is 4.42 Å². The molecule has 1 amide bonds. The average Bonchev–Trinajstić information content (AvgIpc) is 3.11. The minimum atomic E-state index is -3.31. The van der Waals surface area contributed by atoms with Crippen LogP contribution in [0.2, 0.25) is 0 Å². The van der Waals surface area contributed by atoms with Crippen LogP contribution < -0.4 is 5.32 Å². The van der Waals surface area contributed by atoms with Crippen LogP contribution >= 0.6 is 0 Å². The number of hydrogen-bond acceptors (Lipinski definition) is 7. The Morgan fingerprint density at radius 3 is 2.52 bits per heavy atom. The molecule has 0 unspecified atom stereocenters. The van der Waals surface area contributed by atoms with Crippen LogP contribution in [0.25, 0.3) is 11.6 Å². The number of pyridine rings is 1. The highest BCUT2D eigenvalue weighted by Gasteiger charge is 2.15. The van der Waals surface area contributed by atoms with E-state index in [0.717, 1.165) is 0 Å². The molecule has 0 saturated carbocycles. The van der Waals surface area contributed by atoms with Crippen LogP contribution in [0.5, 0.6) is 0 Å². The molecule has 1 N–H and O–H groups in total. The zero-order valence-corrected chi connectivity index (χ0v) is 14.0. The SMILES string of the molecule is CCS(=O)(=O)c1ccc(C(=O)Nc2nnc(-c3ccccn3)o2)cc1. The first-order chi connectivity index (χ1) is 12.0. The maximum Gasteiger partial charge on any atom is 0.322 e. The standard InChI is InChI=1S/C16H14N4O4S/c1-2-25(22,23)12-8-6-11(7-9-12)14(21)18-16-20-19-15(24-16)13-5-3-4-10-17-13/h3-10H,2H2,1H3,(H,18,20,21). The number of amides is 1. The maximum absolute atomic E-state index is 12.2. The van der Waals surface area contributed by atoms with Crippen molar-refractivity contribution in [3.05, 3.63) is 54.2 Å². The molecular weight excluding hydrogens is 344 g/mol. The van der Waals surface area contributed by atoms with E-state index in [1.54, 1.807) is 31.3 Å². The molecule has 0 atom stereocenters. The van der Waals surface area contributed by atoms with Gasteiger partial charge >= 0.3 is 6.01 Å². The second kappa shape index (κ2) is 6.81. The second-order valence-corrected chi connectivity index (χ2v) is 7.29. The first-order valence-electron chi connectivity index (χ1n) is 7.38. The molecule has 0 radical (unpaired) electrons. The maximum atomic E-state index is 12.2. The summed E-state index contributed by atoms with van der Waals surface area (Å²) in [6.07, 6.45) is 1.59. The molecule has 0 spiro atoms. The Hall–Kier alpha value is -3.07. The average molecular weight is 358 g/mol. The van der Waals surface area contributed by atoms with Crippen LogP contribution in [-0.2, 0) is 9.84 Å². The summed E-state index contributed by atoms with van der Waals surface area (Å²) in [7, 11) is -3.31. The van der Waals surface area contributed by atoms with Crippen molar-refractivity contribution in [2.75, 3.05) is 11.1 Å². The van der Waals surface area contributed by atoms with Crippen molar-refractivity contribution in [1.82, 2.24) is 15.2 Å². The third-order valence-corrected chi connectivity index (χ3v) is 5.14. The number of aromatic nitrogens is 3. The van der Waals surface area contributed by atoms with Crippen molar-refractivity contribution >= 4 is 21.8 Å². The number of nitrogens with one attached hydrogen (secondary N) is 1. The highest BCUT2D eigenvalue weighted by atomic mass is 32.2. The Labute approximate surface area is 143 Å². The van der Waals surface area contributed by atoms with Crippen LogP contribution in [0.3, 0.4) is 0 Å². The lowest BCUT2D eigenvalue weighted by Gasteiger charge is -2.03. The van der Waals surface area contributed by atoms with Crippen molar-refractivity contribution in [2.45, 2.75) is 11.8 Å². The van der Waals surface area contributed by atoms with Gasteiger partial charge in [0.25, 0.3) is 11.8 Å². The van der Waals surface area contributed by atoms with Crippen molar-refractivity contribution in [1.29, 1.82) is 0 Å². The molecule has 9 heteroatoms. The minimum Gasteiger partial charge on any atom is -0.401 e. The molecule has 25 heavy (non-hydrogen) atoms. The van der Waals surface area contributed by atoms with Crippen molar-refractivity contribution in [2.24, 2.45) is 0 Å². The first kappa shape index (κ1) is 16.8. The predicted octanol–water partition coefficient (Wildman–Crippen LogP) is 2.18. The van der Waals surface area contributed by atoms with E-state index in [9.17, 15) is 13.2 Å². The third kappa shape index (κ3) is 3.72. The molecule has 2 heterocycles. The molecule has 0 bridgehead atoms. The lowest BCUT2D eigenvalue weighted by Crippen LogP contribution is -2.12. The van der Waals surface area contributed by atoms with Gasteiger partial charge in [0.1, 0.15) is 5.69 Å². The molecule has 8 nitrogen and oxygen atoms in total. The van der Waals surface area contributed by atoms with Gasteiger partial charge in [0, 0.05) is 11.8 Å². The molecule has 0 aliphatic heterocycles. The monoisotopic (exact) mass is 358 g/mol. The number of carbonyl (C=O) groups is 1. The van der Waals surface area contributed by atoms with E-state index < -0.39 is 15.7 Å². The van der Waals surface area contributed by atoms with Gasteiger partial charge in [-0.25, -0.2) is 8.42 Å². The van der Waals surface area contributed by atoms with Gasteiger partial charge in [0.05, 0.1) is 10.6 Å². The largest absolute Gasteiger partial charge is 0.401 e. The van der Waals surface area contributed by atoms with Gasteiger partial charge < -0.3 is 4.42 Å². The van der Waals surface area contributed by atoms with Gasteiger partial charge in [-0.3, -0.25) is 15.1 Å². The Balaban J connectivity index is 1.74. The number of hydrogen-bond donors (Lipinski definition) is 1. The summed E-state index contributed by atoms with van der Waals surface area (Å²) in [6, 6.07) is 10.8. The molecule has 0 saturated heterocycles. The van der Waals surface area contributed by atoms with Gasteiger partial charge in [0.2, 0.25) is 0 Å². The van der Waals surface area contributed by atoms with Crippen LogP contribution in [0.1, 0.15) is 17.3 Å². The van der Waals surface area contributed by atoms with E-state index in [-0.39, 0.29) is 28.1 Å². The molecule has 3 rings (SSSR count). The van der Waals surface area contributed by atoms with Crippen LogP contribution in [-0.4, -0.2) is 35.3 Å². The third-order valence-electron chi connectivity index (χ3n) is 3.39. The normalized spacial score (nSPS) is 11.2. The minimum absolute atomic E-state index is 0.00315. The van der Waals surface area contributed by atoms with Gasteiger partial charge in [-0.1, -0.05) is 18.1 Å². The Kier molecular flexibility index (Phi) is 4.57. The summed E-state index contributed by atoms with van der Waals surface area (Å²) in [5.74, 6) is -0.312. The summed E-state index contributed by atoms with van der Waals surface area (Å²) < 4.78 is 28.9. The van der Waals surface area contributed by atoms with Gasteiger partial charge in [-0.2, -0.15) is 0 Å². The zero-order valence-electron chi connectivity index (χ0n) is 13.2. The number of carbonyl (C=O) groups excluding carboxylic acids is 1. The van der Waals surface area contributed by atoms with Crippen molar-refractivity contribution < 1.29 is 17.6 Å². The van der Waals surface area contributed by atoms with E-state index in [0.29, 0.717) is 5.69 Å². The summed E-state index contributed by atoms with van der Waals surface area (Å²) in [5.41, 5.74) is 0.761. The molecular formula is C16H14N4O4S. The second-order valence-electron chi connectivity index (χ2n) is 5.01. The van der Waals surface area contributed by atoms with E-state index in [2.05, 4.69) is 20.5 Å². The van der Waals surface area contributed by atoms with Gasteiger partial charge in [-0.05, 0) is 36.4 Å². The van der Waals surface area contributed by atoms with Crippen LogP contribution in [0.15, 0.2) is 58.0 Å². The predicted molar refractivity (Wildman–Crippen MR) is 89.7 cm³/mol. The van der Waals surface area contributed by atoms with E-state index in [1.807, 2.05) is 0 Å². The van der Waals surface area contributed by atoms with Crippen molar-refractivity contribution in [3.8, 4) is 11.6 Å². The molecule has 0 aliphatic carbocycles. The highest BCUT2D eigenvalue weighted by molar-refractivity contribution is 7.91. The quantitative estimate of drug-likeness (QED) is 0.743. The molecule has 3 aromatic rings. The molecule has 128 valence electrons. The Morgan fingerprint density at radius 2 is 1.88 bits per heavy atom. The lowest BCUT2D eigenvalue weighted by molar-refractivity contribution is 0.102. The lowest BCUT2D eigenvalue weighted by atomic mass is 10.2. The summed E-state index contributed by atoms with van der Waals surface area (Å²) >= 11 is 0. The Bertz CT molecular complexity index is 982. The molecule has 1 aromatic carbocycles.